The highest BCUT2D eigenvalue weighted by Gasteiger charge is 2.25. The van der Waals surface area contributed by atoms with E-state index in [4.69, 9.17) is 0 Å². The number of nitrogens with zero attached hydrogens (tertiary/aromatic N) is 2. The Hall–Kier alpha value is -3.42. The molecule has 2 heterocycles. The van der Waals surface area contributed by atoms with Crippen LogP contribution in [0.3, 0.4) is 0 Å². The van der Waals surface area contributed by atoms with Crippen LogP contribution >= 0.6 is 0 Å². The molecule has 0 radical (unpaired) electrons. The molecule has 2 aromatic heterocycles. The van der Waals surface area contributed by atoms with Crippen molar-refractivity contribution in [1.29, 1.82) is 0 Å². The Morgan fingerprint density at radius 1 is 1.30 bits per heavy atom. The second-order valence-electron chi connectivity index (χ2n) is 6.65. The van der Waals surface area contributed by atoms with E-state index in [9.17, 15) is 14.4 Å². The molecule has 138 valence electrons. The molecule has 0 spiro atoms. The van der Waals surface area contributed by atoms with Gasteiger partial charge in [0.25, 0.3) is 17.4 Å². The lowest BCUT2D eigenvalue weighted by Crippen LogP contribution is -2.34. The predicted octanol–water partition coefficient (Wildman–Crippen LogP) is 1.02. The highest BCUT2D eigenvalue weighted by Crippen LogP contribution is 2.20. The van der Waals surface area contributed by atoms with Gasteiger partial charge in [-0.15, -0.1) is 0 Å². The minimum atomic E-state index is -0.517. The van der Waals surface area contributed by atoms with Crippen LogP contribution in [0.4, 0.5) is 0 Å². The van der Waals surface area contributed by atoms with E-state index in [2.05, 4.69) is 20.8 Å². The van der Waals surface area contributed by atoms with Crippen LogP contribution in [0.1, 0.15) is 39.1 Å². The molecule has 4 rings (SSSR count). The molecule has 1 saturated carbocycles. The van der Waals surface area contributed by atoms with E-state index in [1.165, 1.54) is 23.9 Å². The zero-order valence-corrected chi connectivity index (χ0v) is 14.8. The molecule has 2 amide bonds. The molecular weight excluding hydrogens is 346 g/mol. The van der Waals surface area contributed by atoms with Gasteiger partial charge in [0.05, 0.1) is 23.8 Å². The van der Waals surface area contributed by atoms with Gasteiger partial charge in [0.15, 0.2) is 0 Å². The van der Waals surface area contributed by atoms with Crippen LogP contribution in [-0.2, 0) is 6.54 Å². The normalized spacial score (nSPS) is 13.5. The number of aromatic amines is 1. The molecule has 1 fully saturated rings. The highest BCUT2D eigenvalue weighted by molar-refractivity contribution is 5.99. The summed E-state index contributed by atoms with van der Waals surface area (Å²) in [5.74, 6) is -0.797. The van der Waals surface area contributed by atoms with Crippen molar-refractivity contribution in [2.45, 2.75) is 25.4 Å². The molecule has 0 atom stereocenters. The zero-order valence-electron chi connectivity index (χ0n) is 14.8. The van der Waals surface area contributed by atoms with Gasteiger partial charge in [-0.3, -0.25) is 19.5 Å². The third kappa shape index (κ3) is 3.33. The van der Waals surface area contributed by atoms with Crippen LogP contribution < -0.4 is 16.2 Å². The maximum Gasteiger partial charge on any atom is 0.263 e. The first-order chi connectivity index (χ1) is 13.1. The maximum absolute atomic E-state index is 12.8. The van der Waals surface area contributed by atoms with Crippen molar-refractivity contribution >= 4 is 22.7 Å². The Balaban J connectivity index is 1.78. The predicted molar refractivity (Wildman–Crippen MR) is 99.8 cm³/mol. The van der Waals surface area contributed by atoms with E-state index in [1.807, 2.05) is 18.2 Å². The lowest BCUT2D eigenvalue weighted by Gasteiger charge is -2.12. The number of benzene rings is 1. The van der Waals surface area contributed by atoms with Gasteiger partial charge in [0.1, 0.15) is 5.56 Å². The maximum atomic E-state index is 12.8. The summed E-state index contributed by atoms with van der Waals surface area (Å²) in [6, 6.07) is 7.18. The molecule has 3 aromatic rings. The number of carbonyl (C=O) groups excluding carboxylic acids is 2. The summed E-state index contributed by atoms with van der Waals surface area (Å²) < 4.78 is 1.40. The van der Waals surface area contributed by atoms with Gasteiger partial charge in [0.2, 0.25) is 0 Å². The molecule has 1 aliphatic carbocycles. The lowest BCUT2D eigenvalue weighted by molar-refractivity contribution is 0.0950. The van der Waals surface area contributed by atoms with Crippen LogP contribution in [0.15, 0.2) is 41.5 Å². The number of amides is 2. The second-order valence-corrected chi connectivity index (χ2v) is 6.65. The van der Waals surface area contributed by atoms with Crippen molar-refractivity contribution in [1.82, 2.24) is 25.4 Å². The van der Waals surface area contributed by atoms with Crippen LogP contribution in [0, 0.1) is 0 Å². The third-order valence-corrected chi connectivity index (χ3v) is 4.65. The van der Waals surface area contributed by atoms with E-state index < -0.39 is 11.5 Å². The average Bonchev–Trinajstić information content (AvgIpc) is 3.35. The molecule has 0 bridgehead atoms. The standard InChI is InChI=1S/C19H19N5O3/c1-20-18(26)14-7-12(17(25)22-13-5-6-13)10-24(19(14)27)9-11-3-2-4-16-15(11)8-21-23-16/h2-4,7-8,10,13H,5-6,9H2,1H3,(H,20,26)(H,21,23)(H,22,25). The molecular formula is C19H19N5O3. The van der Waals surface area contributed by atoms with Crippen LogP contribution in [0.2, 0.25) is 0 Å². The number of fused-ring (bicyclic) bond motifs is 1. The Morgan fingerprint density at radius 3 is 2.85 bits per heavy atom. The summed E-state index contributed by atoms with van der Waals surface area (Å²) >= 11 is 0. The number of hydrogen-bond donors (Lipinski definition) is 3. The van der Waals surface area contributed by atoms with Crippen molar-refractivity contribution in [2.75, 3.05) is 7.05 Å². The van der Waals surface area contributed by atoms with Crippen LogP contribution in [-0.4, -0.2) is 39.7 Å². The molecule has 8 nitrogen and oxygen atoms in total. The first kappa shape index (κ1) is 17.0. The van der Waals surface area contributed by atoms with Crippen molar-refractivity contribution < 1.29 is 9.59 Å². The van der Waals surface area contributed by atoms with Gasteiger partial charge in [-0.05, 0) is 30.5 Å². The van der Waals surface area contributed by atoms with Crippen molar-refractivity contribution in [3.8, 4) is 0 Å². The summed E-state index contributed by atoms with van der Waals surface area (Å²) in [7, 11) is 1.45. The summed E-state index contributed by atoms with van der Waals surface area (Å²) in [5, 5.41) is 13.2. The SMILES string of the molecule is CNC(=O)c1cc(C(=O)NC2CC2)cn(Cc2cccc3[nH]ncc23)c1=O. The third-order valence-electron chi connectivity index (χ3n) is 4.65. The minimum Gasteiger partial charge on any atom is -0.355 e. The van der Waals surface area contributed by atoms with Gasteiger partial charge >= 0.3 is 0 Å². The fourth-order valence-corrected chi connectivity index (χ4v) is 3.02. The lowest BCUT2D eigenvalue weighted by atomic mass is 10.1. The van der Waals surface area contributed by atoms with E-state index in [-0.39, 0.29) is 24.1 Å². The van der Waals surface area contributed by atoms with Gasteiger partial charge in [-0.25, -0.2) is 0 Å². The van der Waals surface area contributed by atoms with E-state index in [1.54, 1.807) is 6.20 Å². The molecule has 0 unspecified atom stereocenters. The number of hydrogen-bond acceptors (Lipinski definition) is 4. The first-order valence-corrected chi connectivity index (χ1v) is 8.75. The van der Waals surface area contributed by atoms with E-state index in [0.717, 1.165) is 29.3 Å². The van der Waals surface area contributed by atoms with Gasteiger partial charge in [-0.2, -0.15) is 5.10 Å². The van der Waals surface area contributed by atoms with Gasteiger partial charge in [-0.1, -0.05) is 12.1 Å². The molecule has 1 aromatic carbocycles. The zero-order chi connectivity index (χ0) is 19.0. The highest BCUT2D eigenvalue weighted by atomic mass is 16.2. The quantitative estimate of drug-likeness (QED) is 0.627. The van der Waals surface area contributed by atoms with Crippen LogP contribution in [0.5, 0.6) is 0 Å². The van der Waals surface area contributed by atoms with Crippen molar-refractivity contribution in [3.05, 3.63) is 63.7 Å². The molecule has 8 heteroatoms. The molecule has 3 N–H and O–H groups in total. The summed E-state index contributed by atoms with van der Waals surface area (Å²) in [5.41, 5.74) is 1.51. The molecule has 0 saturated heterocycles. The first-order valence-electron chi connectivity index (χ1n) is 8.75. The monoisotopic (exact) mass is 365 g/mol. The summed E-state index contributed by atoms with van der Waals surface area (Å²) in [6.45, 7) is 0.226. The van der Waals surface area contributed by atoms with Gasteiger partial charge < -0.3 is 15.2 Å². The number of nitrogens with one attached hydrogen (secondary N) is 3. The fourth-order valence-electron chi connectivity index (χ4n) is 3.02. The fraction of sp³-hybridized carbons (Fsp3) is 0.263. The average molecular weight is 365 g/mol. The molecule has 27 heavy (non-hydrogen) atoms. The number of H-pyrrole nitrogens is 1. The number of rotatable bonds is 5. The Bertz CT molecular complexity index is 1090. The Kier molecular flexibility index (Phi) is 4.23. The Morgan fingerprint density at radius 2 is 2.11 bits per heavy atom. The van der Waals surface area contributed by atoms with E-state index >= 15 is 0 Å². The Labute approximate surface area is 154 Å². The summed E-state index contributed by atoms with van der Waals surface area (Å²) in [4.78, 5) is 37.4. The van der Waals surface area contributed by atoms with Crippen molar-refractivity contribution in [2.24, 2.45) is 0 Å². The molecule has 1 aliphatic rings. The molecule has 0 aliphatic heterocycles. The van der Waals surface area contributed by atoms with E-state index in [0.29, 0.717) is 5.56 Å². The van der Waals surface area contributed by atoms with Gasteiger partial charge in [0, 0.05) is 24.7 Å². The van der Waals surface area contributed by atoms with Crippen LogP contribution in [0.25, 0.3) is 10.9 Å². The summed E-state index contributed by atoms with van der Waals surface area (Å²) in [6.07, 6.45) is 5.11. The number of aromatic nitrogens is 3. The number of pyridine rings is 1. The van der Waals surface area contributed by atoms with Crippen molar-refractivity contribution in [3.63, 3.8) is 0 Å². The minimum absolute atomic E-state index is 0.0553. The smallest absolute Gasteiger partial charge is 0.263 e. The topological polar surface area (TPSA) is 109 Å². The largest absolute Gasteiger partial charge is 0.355 e. The second kappa shape index (κ2) is 6.71. The number of carbonyl (C=O) groups is 2.